The molecule has 1 aliphatic carbocycles. The van der Waals surface area contributed by atoms with E-state index in [1.165, 1.54) is 6.07 Å². The molecule has 6 heteroatoms. The molecule has 0 aliphatic heterocycles. The molecule has 1 aliphatic rings. The number of nitrogens with two attached hydrogens (primary N) is 1. The number of carbonyl (C=O) groups is 1. The second-order valence-corrected chi connectivity index (χ2v) is 4.19. The van der Waals surface area contributed by atoms with Crippen molar-refractivity contribution in [2.45, 2.75) is 18.9 Å². The van der Waals surface area contributed by atoms with E-state index in [0.717, 1.165) is 18.9 Å². The van der Waals surface area contributed by atoms with Crippen LogP contribution in [0.15, 0.2) is 12.1 Å². The molecule has 1 aromatic carbocycles. The van der Waals surface area contributed by atoms with Crippen molar-refractivity contribution in [3.63, 3.8) is 0 Å². The maximum atomic E-state index is 13.0. The Morgan fingerprint density at radius 3 is 2.88 bits per heavy atom. The summed E-state index contributed by atoms with van der Waals surface area (Å²) in [5.41, 5.74) is 5.27. The SMILES string of the molecule is Nc1cc(OCC(=O)OC2CC2)c(Cl)cc1F. The maximum absolute atomic E-state index is 13.0. The van der Waals surface area contributed by atoms with Crippen LogP contribution < -0.4 is 10.5 Å². The van der Waals surface area contributed by atoms with Crippen molar-refractivity contribution in [3.05, 3.63) is 23.0 Å². The van der Waals surface area contributed by atoms with Crippen molar-refractivity contribution in [2.75, 3.05) is 12.3 Å². The van der Waals surface area contributed by atoms with Gasteiger partial charge in [0.05, 0.1) is 10.7 Å². The minimum Gasteiger partial charge on any atom is -0.480 e. The van der Waals surface area contributed by atoms with Gasteiger partial charge in [-0.25, -0.2) is 9.18 Å². The molecule has 1 fully saturated rings. The van der Waals surface area contributed by atoms with Gasteiger partial charge < -0.3 is 15.2 Å². The molecule has 2 N–H and O–H groups in total. The van der Waals surface area contributed by atoms with Crippen LogP contribution in [0.3, 0.4) is 0 Å². The zero-order valence-corrected chi connectivity index (χ0v) is 9.67. The van der Waals surface area contributed by atoms with Crippen LogP contribution in [-0.2, 0) is 9.53 Å². The number of halogens is 2. The van der Waals surface area contributed by atoms with Crippen LogP contribution in [0.4, 0.5) is 10.1 Å². The first-order chi connectivity index (χ1) is 8.06. The van der Waals surface area contributed by atoms with Crippen molar-refractivity contribution in [2.24, 2.45) is 0 Å². The number of anilines is 1. The highest BCUT2D eigenvalue weighted by molar-refractivity contribution is 6.32. The van der Waals surface area contributed by atoms with E-state index < -0.39 is 11.8 Å². The van der Waals surface area contributed by atoms with Crippen LogP contribution in [0.1, 0.15) is 12.8 Å². The van der Waals surface area contributed by atoms with Gasteiger partial charge in [0.25, 0.3) is 0 Å². The Bertz CT molecular complexity index is 449. The quantitative estimate of drug-likeness (QED) is 0.665. The summed E-state index contributed by atoms with van der Waals surface area (Å²) in [6.07, 6.45) is 1.83. The van der Waals surface area contributed by atoms with E-state index in [1.807, 2.05) is 0 Å². The lowest BCUT2D eigenvalue weighted by atomic mass is 10.3. The number of carbonyl (C=O) groups excluding carboxylic acids is 1. The second kappa shape index (κ2) is 4.79. The van der Waals surface area contributed by atoms with Crippen LogP contribution in [0.25, 0.3) is 0 Å². The topological polar surface area (TPSA) is 61.5 Å². The highest BCUT2D eigenvalue weighted by Gasteiger charge is 2.26. The monoisotopic (exact) mass is 259 g/mol. The minimum atomic E-state index is -0.622. The van der Waals surface area contributed by atoms with E-state index >= 15 is 0 Å². The van der Waals surface area contributed by atoms with Crippen molar-refractivity contribution < 1.29 is 18.7 Å². The summed E-state index contributed by atoms with van der Waals surface area (Å²) in [6, 6.07) is 2.28. The van der Waals surface area contributed by atoms with Gasteiger partial charge >= 0.3 is 5.97 Å². The molecule has 0 bridgehead atoms. The van der Waals surface area contributed by atoms with Crippen molar-refractivity contribution in [1.82, 2.24) is 0 Å². The van der Waals surface area contributed by atoms with Crippen LogP contribution >= 0.6 is 11.6 Å². The molecule has 0 amide bonds. The number of esters is 1. The number of nitrogen functional groups attached to an aromatic ring is 1. The Morgan fingerprint density at radius 2 is 2.24 bits per heavy atom. The summed E-state index contributed by atoms with van der Waals surface area (Å²) in [5.74, 6) is -0.923. The zero-order chi connectivity index (χ0) is 12.4. The normalized spacial score (nSPS) is 14.5. The van der Waals surface area contributed by atoms with Crippen molar-refractivity contribution in [3.8, 4) is 5.75 Å². The summed E-state index contributed by atoms with van der Waals surface area (Å²) >= 11 is 5.73. The van der Waals surface area contributed by atoms with E-state index in [2.05, 4.69) is 0 Å². The number of hydrogen-bond acceptors (Lipinski definition) is 4. The van der Waals surface area contributed by atoms with E-state index in [1.54, 1.807) is 0 Å². The number of ether oxygens (including phenoxy) is 2. The molecule has 1 saturated carbocycles. The Hall–Kier alpha value is -1.49. The fourth-order valence-corrected chi connectivity index (χ4v) is 1.40. The molecule has 0 unspecified atom stereocenters. The largest absolute Gasteiger partial charge is 0.480 e. The predicted octanol–water partition coefficient (Wildman–Crippen LogP) is 2.15. The molecule has 4 nitrogen and oxygen atoms in total. The molecule has 92 valence electrons. The maximum Gasteiger partial charge on any atom is 0.344 e. The molecule has 0 saturated heterocycles. The number of benzene rings is 1. The van der Waals surface area contributed by atoms with Crippen molar-refractivity contribution >= 4 is 23.3 Å². The molecule has 17 heavy (non-hydrogen) atoms. The van der Waals surface area contributed by atoms with Gasteiger partial charge in [-0.3, -0.25) is 0 Å². The third kappa shape index (κ3) is 3.23. The Labute approximate surface area is 102 Å². The van der Waals surface area contributed by atoms with Gasteiger partial charge in [-0.2, -0.15) is 0 Å². The fraction of sp³-hybridized carbons (Fsp3) is 0.364. The number of hydrogen-bond donors (Lipinski definition) is 1. The van der Waals surface area contributed by atoms with E-state index in [0.29, 0.717) is 0 Å². The van der Waals surface area contributed by atoms with E-state index in [-0.39, 0.29) is 29.2 Å². The predicted molar refractivity (Wildman–Crippen MR) is 60.4 cm³/mol. The molecule has 2 rings (SSSR count). The van der Waals surface area contributed by atoms with Crippen LogP contribution in [0.5, 0.6) is 5.75 Å². The third-order valence-corrected chi connectivity index (χ3v) is 2.51. The summed E-state index contributed by atoms with van der Waals surface area (Å²) in [7, 11) is 0. The van der Waals surface area contributed by atoms with Crippen LogP contribution in [0, 0.1) is 5.82 Å². The Kier molecular flexibility index (Phi) is 3.38. The average molecular weight is 260 g/mol. The van der Waals surface area contributed by atoms with Crippen LogP contribution in [-0.4, -0.2) is 18.7 Å². The second-order valence-electron chi connectivity index (χ2n) is 3.78. The molecule has 1 aromatic rings. The summed E-state index contributed by atoms with van der Waals surface area (Å²) in [4.78, 5) is 11.2. The molecule has 0 heterocycles. The van der Waals surface area contributed by atoms with E-state index in [9.17, 15) is 9.18 Å². The lowest BCUT2D eigenvalue weighted by Crippen LogP contribution is -2.16. The summed E-state index contributed by atoms with van der Waals surface area (Å²) in [5, 5.41) is 0.0657. The molecule has 0 spiro atoms. The third-order valence-electron chi connectivity index (χ3n) is 2.22. The smallest absolute Gasteiger partial charge is 0.344 e. The van der Waals surface area contributed by atoms with Gasteiger partial charge in [-0.05, 0) is 18.9 Å². The van der Waals surface area contributed by atoms with Gasteiger partial charge in [-0.15, -0.1) is 0 Å². The molecular weight excluding hydrogens is 249 g/mol. The molecule has 0 atom stereocenters. The highest BCUT2D eigenvalue weighted by atomic mass is 35.5. The summed E-state index contributed by atoms with van der Waals surface area (Å²) in [6.45, 7) is -0.263. The average Bonchev–Trinajstić information content (AvgIpc) is 3.05. The molecular formula is C11H11ClFNO3. The van der Waals surface area contributed by atoms with Gasteiger partial charge in [0, 0.05) is 6.07 Å². The first-order valence-corrected chi connectivity index (χ1v) is 5.51. The molecule has 0 aromatic heterocycles. The molecule has 0 radical (unpaired) electrons. The summed E-state index contributed by atoms with van der Waals surface area (Å²) < 4.78 is 23.1. The fourth-order valence-electron chi connectivity index (χ4n) is 1.20. The number of rotatable bonds is 4. The minimum absolute atomic E-state index is 0.0276. The van der Waals surface area contributed by atoms with Gasteiger partial charge in [0.1, 0.15) is 17.7 Å². The van der Waals surface area contributed by atoms with E-state index in [4.69, 9.17) is 26.8 Å². The van der Waals surface area contributed by atoms with Crippen molar-refractivity contribution in [1.29, 1.82) is 0 Å². The van der Waals surface area contributed by atoms with Gasteiger partial charge in [0.15, 0.2) is 6.61 Å². The van der Waals surface area contributed by atoms with Gasteiger partial charge in [0.2, 0.25) is 0 Å². The Balaban J connectivity index is 1.93. The lowest BCUT2D eigenvalue weighted by molar-refractivity contribution is -0.147. The Morgan fingerprint density at radius 1 is 1.53 bits per heavy atom. The van der Waals surface area contributed by atoms with Crippen LogP contribution in [0.2, 0.25) is 5.02 Å². The van der Waals surface area contributed by atoms with Gasteiger partial charge in [-0.1, -0.05) is 11.6 Å². The zero-order valence-electron chi connectivity index (χ0n) is 8.91. The first kappa shape index (κ1) is 12.0. The standard InChI is InChI=1S/C11H11ClFNO3/c12-7-3-8(13)9(14)4-10(7)16-5-11(15)17-6-1-2-6/h3-4,6H,1-2,5,14H2. The lowest BCUT2D eigenvalue weighted by Gasteiger charge is -2.09. The first-order valence-electron chi connectivity index (χ1n) is 5.13. The highest BCUT2D eigenvalue weighted by Crippen LogP contribution is 2.29.